The highest BCUT2D eigenvalue weighted by Crippen LogP contribution is 2.36. The second-order valence-corrected chi connectivity index (χ2v) is 8.59. The highest BCUT2D eigenvalue weighted by molar-refractivity contribution is 7.98. The van der Waals surface area contributed by atoms with E-state index >= 15 is 0 Å². The van der Waals surface area contributed by atoms with Gasteiger partial charge >= 0.3 is 0 Å². The summed E-state index contributed by atoms with van der Waals surface area (Å²) >= 11 is 1.56. The minimum absolute atomic E-state index is 0.185. The number of carbonyl (C=O) groups excluding carboxylic acids is 1. The molecule has 1 amide bonds. The molecule has 0 unspecified atom stereocenters. The van der Waals surface area contributed by atoms with Gasteiger partial charge in [0.1, 0.15) is 24.4 Å². The number of hydrogen-bond donors (Lipinski definition) is 1. The van der Waals surface area contributed by atoms with Crippen LogP contribution in [0.25, 0.3) is 0 Å². The second kappa shape index (κ2) is 11.3. The van der Waals surface area contributed by atoms with E-state index in [0.29, 0.717) is 19.2 Å². The third-order valence-electron chi connectivity index (χ3n) is 5.42. The Morgan fingerprint density at radius 1 is 1.06 bits per heavy atom. The molecule has 0 aliphatic carbocycles. The van der Waals surface area contributed by atoms with E-state index < -0.39 is 30.8 Å². The quantitative estimate of drug-likeness (QED) is 0.608. The summed E-state index contributed by atoms with van der Waals surface area (Å²) in [7, 11) is 0. The van der Waals surface area contributed by atoms with E-state index in [1.807, 2.05) is 66.9 Å². The third-order valence-corrected chi connectivity index (χ3v) is 5.79. The van der Waals surface area contributed by atoms with Crippen molar-refractivity contribution >= 4 is 17.7 Å². The first kappa shape index (κ1) is 23.2. The predicted molar refractivity (Wildman–Crippen MR) is 121 cm³/mol. The van der Waals surface area contributed by atoms with Gasteiger partial charge in [0.05, 0.1) is 19.2 Å². The fourth-order valence-electron chi connectivity index (χ4n) is 3.98. The Labute approximate surface area is 192 Å². The van der Waals surface area contributed by atoms with E-state index in [0.717, 1.165) is 11.1 Å². The largest absolute Gasteiger partial charge is 0.362 e. The lowest BCUT2D eigenvalue weighted by atomic mass is 9.95. The van der Waals surface area contributed by atoms with Crippen molar-refractivity contribution in [3.05, 3.63) is 71.8 Å². The van der Waals surface area contributed by atoms with Gasteiger partial charge in [-0.15, -0.1) is 11.8 Å². The SMILES string of the molecule is CSCO[C@@H]1[C@H](NC(C)=O)[C@H](OCc2ccccc2)O[C@H]2CO[C@@H](c3ccccc3)O[C@H]12. The van der Waals surface area contributed by atoms with Crippen molar-refractivity contribution in [3.8, 4) is 0 Å². The molecule has 0 spiro atoms. The van der Waals surface area contributed by atoms with Crippen molar-refractivity contribution in [3.63, 3.8) is 0 Å². The Hall–Kier alpha value is -1.94. The first-order valence-electron chi connectivity index (χ1n) is 10.7. The summed E-state index contributed by atoms with van der Waals surface area (Å²) in [5, 5.41) is 2.97. The van der Waals surface area contributed by atoms with Crippen molar-refractivity contribution in [2.45, 2.75) is 50.5 Å². The molecule has 0 aromatic heterocycles. The molecule has 0 radical (unpaired) electrons. The lowest BCUT2D eigenvalue weighted by Gasteiger charge is -2.49. The van der Waals surface area contributed by atoms with Crippen LogP contribution in [-0.4, -0.2) is 55.4 Å². The van der Waals surface area contributed by atoms with Gasteiger partial charge in [-0.1, -0.05) is 60.7 Å². The van der Waals surface area contributed by atoms with Crippen molar-refractivity contribution in [1.29, 1.82) is 0 Å². The maximum atomic E-state index is 12.0. The molecule has 2 aliphatic heterocycles. The highest BCUT2D eigenvalue weighted by atomic mass is 32.2. The monoisotopic (exact) mass is 459 g/mol. The Morgan fingerprint density at radius 3 is 2.47 bits per heavy atom. The normalized spacial score (nSPS) is 29.8. The second-order valence-electron chi connectivity index (χ2n) is 7.78. The zero-order valence-electron chi connectivity index (χ0n) is 18.2. The van der Waals surface area contributed by atoms with Gasteiger partial charge in [0.15, 0.2) is 12.6 Å². The molecule has 2 aliphatic rings. The van der Waals surface area contributed by atoms with Gasteiger partial charge in [-0.25, -0.2) is 0 Å². The Morgan fingerprint density at radius 2 is 1.78 bits per heavy atom. The topological polar surface area (TPSA) is 75.3 Å². The summed E-state index contributed by atoms with van der Waals surface area (Å²) in [6.45, 7) is 2.16. The lowest BCUT2D eigenvalue weighted by molar-refractivity contribution is -0.348. The Balaban J connectivity index is 1.54. The average molecular weight is 460 g/mol. The van der Waals surface area contributed by atoms with Crippen LogP contribution in [0.4, 0.5) is 0 Å². The van der Waals surface area contributed by atoms with Gasteiger partial charge in [0.2, 0.25) is 5.91 Å². The van der Waals surface area contributed by atoms with Gasteiger partial charge in [-0.05, 0) is 11.8 Å². The molecule has 1 N–H and O–H groups in total. The van der Waals surface area contributed by atoms with Crippen LogP contribution < -0.4 is 5.32 Å². The number of ether oxygens (including phenoxy) is 5. The number of carbonyl (C=O) groups is 1. The fraction of sp³-hybridized carbons (Fsp3) is 0.458. The van der Waals surface area contributed by atoms with Crippen LogP contribution in [0.2, 0.25) is 0 Å². The summed E-state index contributed by atoms with van der Waals surface area (Å²) in [6, 6.07) is 19.1. The van der Waals surface area contributed by atoms with Crippen LogP contribution in [0.5, 0.6) is 0 Å². The number of amides is 1. The van der Waals surface area contributed by atoms with E-state index in [9.17, 15) is 4.79 Å². The van der Waals surface area contributed by atoms with Crippen LogP contribution in [-0.2, 0) is 35.1 Å². The summed E-state index contributed by atoms with van der Waals surface area (Å²) in [6.07, 6.45) is -0.525. The number of hydrogen-bond acceptors (Lipinski definition) is 7. The maximum absolute atomic E-state index is 12.0. The predicted octanol–water partition coefficient (Wildman–Crippen LogP) is 3.25. The number of rotatable bonds is 8. The minimum atomic E-state index is -0.701. The summed E-state index contributed by atoms with van der Waals surface area (Å²) in [5.41, 5.74) is 1.94. The van der Waals surface area contributed by atoms with Crippen LogP contribution >= 0.6 is 11.8 Å². The zero-order chi connectivity index (χ0) is 22.3. The van der Waals surface area contributed by atoms with Crippen molar-refractivity contribution in [1.82, 2.24) is 5.32 Å². The van der Waals surface area contributed by atoms with E-state index in [1.54, 1.807) is 11.8 Å². The molecule has 172 valence electrons. The molecule has 8 heteroatoms. The van der Waals surface area contributed by atoms with Crippen LogP contribution in [0, 0.1) is 0 Å². The Kier molecular flexibility index (Phi) is 8.18. The van der Waals surface area contributed by atoms with Crippen molar-refractivity contribution < 1.29 is 28.5 Å². The van der Waals surface area contributed by atoms with E-state index in [4.69, 9.17) is 23.7 Å². The number of nitrogens with one attached hydrogen (secondary N) is 1. The first-order valence-corrected chi connectivity index (χ1v) is 12.1. The molecule has 0 saturated carbocycles. The molecule has 2 heterocycles. The molecular weight excluding hydrogens is 430 g/mol. The molecule has 2 saturated heterocycles. The van der Waals surface area contributed by atoms with Crippen LogP contribution in [0.1, 0.15) is 24.3 Å². The van der Waals surface area contributed by atoms with Gasteiger partial charge < -0.3 is 29.0 Å². The van der Waals surface area contributed by atoms with Gasteiger partial charge in [0.25, 0.3) is 0 Å². The number of fused-ring (bicyclic) bond motifs is 1. The van der Waals surface area contributed by atoms with Crippen molar-refractivity contribution in [2.75, 3.05) is 18.8 Å². The van der Waals surface area contributed by atoms with Gasteiger partial charge in [-0.2, -0.15) is 0 Å². The molecule has 0 bridgehead atoms. The molecule has 2 fully saturated rings. The molecular formula is C24H29NO6S. The van der Waals surface area contributed by atoms with E-state index in [1.165, 1.54) is 6.92 Å². The summed E-state index contributed by atoms with van der Waals surface area (Å²) in [5.74, 6) is 0.269. The zero-order valence-corrected chi connectivity index (χ0v) is 19.0. The smallest absolute Gasteiger partial charge is 0.217 e. The van der Waals surface area contributed by atoms with E-state index in [-0.39, 0.29) is 12.0 Å². The molecule has 6 atom stereocenters. The summed E-state index contributed by atoms with van der Waals surface area (Å²) < 4.78 is 30.8. The molecule has 32 heavy (non-hydrogen) atoms. The molecule has 2 aromatic rings. The van der Waals surface area contributed by atoms with Crippen LogP contribution in [0.15, 0.2) is 60.7 Å². The molecule has 7 nitrogen and oxygen atoms in total. The average Bonchev–Trinajstić information content (AvgIpc) is 2.82. The standard InChI is InChI=1S/C24H29NO6S/c1-16(26)25-20-22(29-15-32-2)21-19(14-28-23(31-21)18-11-7-4-8-12-18)30-24(20)27-13-17-9-5-3-6-10-17/h3-12,19-24H,13-15H2,1-2H3,(H,25,26)/t19-,20-,21-,22+,23+,24+/m0/s1. The molecule has 2 aromatic carbocycles. The van der Waals surface area contributed by atoms with Crippen LogP contribution in [0.3, 0.4) is 0 Å². The number of benzene rings is 2. The van der Waals surface area contributed by atoms with E-state index in [2.05, 4.69) is 5.32 Å². The Bertz CT molecular complexity index is 854. The highest BCUT2D eigenvalue weighted by Gasteiger charge is 2.51. The van der Waals surface area contributed by atoms with Gasteiger partial charge in [0, 0.05) is 12.5 Å². The van der Waals surface area contributed by atoms with Gasteiger partial charge in [-0.3, -0.25) is 4.79 Å². The third kappa shape index (κ3) is 5.70. The molecule has 4 rings (SSSR count). The van der Waals surface area contributed by atoms with Crippen molar-refractivity contribution in [2.24, 2.45) is 0 Å². The summed E-state index contributed by atoms with van der Waals surface area (Å²) in [4.78, 5) is 12.0. The minimum Gasteiger partial charge on any atom is -0.362 e. The lowest BCUT2D eigenvalue weighted by Crippen LogP contribution is -2.67. The number of thioether (sulfide) groups is 1. The fourth-order valence-corrected chi connectivity index (χ4v) is 4.27. The maximum Gasteiger partial charge on any atom is 0.217 e. The first-order chi connectivity index (χ1) is 15.7.